The van der Waals surface area contributed by atoms with E-state index in [0.717, 1.165) is 37.5 Å². The van der Waals surface area contributed by atoms with Crippen molar-refractivity contribution in [1.82, 2.24) is 14.9 Å². The first-order chi connectivity index (χ1) is 9.31. The molecule has 0 saturated carbocycles. The Hall–Kier alpha value is -0.810. The summed E-state index contributed by atoms with van der Waals surface area (Å²) in [6.45, 7) is 4.30. The van der Waals surface area contributed by atoms with Crippen molar-refractivity contribution in [3.05, 3.63) is 18.0 Å². The first-order valence-corrected chi connectivity index (χ1v) is 8.24. The maximum Gasteiger partial charge on any atom is 0.316 e. The Labute approximate surface area is 119 Å². The predicted molar refractivity (Wildman–Crippen MR) is 77.7 cm³/mol. The number of rotatable bonds is 3. The molecule has 0 N–H and O–H groups in total. The third-order valence-corrected chi connectivity index (χ3v) is 5.07. The van der Waals surface area contributed by atoms with Gasteiger partial charge < -0.3 is 4.74 Å². The molecule has 1 atom stereocenters. The minimum absolute atomic E-state index is 0.285. The average molecular weight is 279 g/mol. The second kappa shape index (κ2) is 6.09. The Balaban J connectivity index is 1.48. The summed E-state index contributed by atoms with van der Waals surface area (Å²) in [5.41, 5.74) is 1.07. The molecule has 1 aromatic rings. The van der Waals surface area contributed by atoms with Crippen LogP contribution >= 0.6 is 11.8 Å². The quantitative estimate of drug-likeness (QED) is 0.847. The van der Waals surface area contributed by atoms with Gasteiger partial charge in [0.05, 0.1) is 0 Å². The van der Waals surface area contributed by atoms with Crippen molar-refractivity contribution in [1.29, 1.82) is 0 Å². The number of thioether (sulfide) groups is 1. The molecule has 3 rings (SSSR count). The second-order valence-electron chi connectivity index (χ2n) is 5.41. The highest BCUT2D eigenvalue weighted by Crippen LogP contribution is 2.25. The van der Waals surface area contributed by atoms with Gasteiger partial charge in [-0.2, -0.15) is 11.8 Å². The third kappa shape index (κ3) is 3.39. The first kappa shape index (κ1) is 13.2. The highest BCUT2D eigenvalue weighted by atomic mass is 32.2. The SMILES string of the molecule is Cc1cnc(OC2CCN(C3CCSC3)CC2)nc1. The lowest BCUT2D eigenvalue weighted by Crippen LogP contribution is -2.44. The molecular formula is C14H21N3OS. The van der Waals surface area contributed by atoms with E-state index in [4.69, 9.17) is 4.74 Å². The lowest BCUT2D eigenvalue weighted by atomic mass is 10.1. The van der Waals surface area contributed by atoms with Gasteiger partial charge >= 0.3 is 6.01 Å². The molecule has 4 nitrogen and oxygen atoms in total. The Kier molecular flexibility index (Phi) is 4.23. The first-order valence-electron chi connectivity index (χ1n) is 7.08. The number of likely N-dealkylation sites (tertiary alicyclic amines) is 1. The molecule has 0 bridgehead atoms. The molecule has 19 heavy (non-hydrogen) atoms. The van der Waals surface area contributed by atoms with Crippen LogP contribution in [0.5, 0.6) is 6.01 Å². The summed E-state index contributed by atoms with van der Waals surface area (Å²) in [4.78, 5) is 11.1. The molecule has 1 unspecified atom stereocenters. The van der Waals surface area contributed by atoms with E-state index in [0.29, 0.717) is 6.01 Å². The maximum atomic E-state index is 5.87. The van der Waals surface area contributed by atoms with Crippen molar-refractivity contribution in [2.45, 2.75) is 38.3 Å². The number of ether oxygens (including phenoxy) is 1. The summed E-state index contributed by atoms with van der Waals surface area (Å²) in [6.07, 6.45) is 7.46. The van der Waals surface area contributed by atoms with Crippen molar-refractivity contribution >= 4 is 11.8 Å². The van der Waals surface area contributed by atoms with Gasteiger partial charge in [0.1, 0.15) is 6.10 Å². The summed E-state index contributed by atoms with van der Waals surface area (Å²) in [5.74, 6) is 2.64. The topological polar surface area (TPSA) is 38.2 Å². The molecule has 0 radical (unpaired) electrons. The zero-order chi connectivity index (χ0) is 13.1. The van der Waals surface area contributed by atoms with Crippen LogP contribution in [-0.4, -0.2) is 51.6 Å². The molecule has 3 heterocycles. The molecular weight excluding hydrogens is 258 g/mol. The number of nitrogens with zero attached hydrogens (tertiary/aromatic N) is 3. The predicted octanol–water partition coefficient (Wildman–Crippen LogP) is 2.13. The normalized spacial score (nSPS) is 25.6. The van der Waals surface area contributed by atoms with Gasteiger partial charge in [-0.05, 0) is 37.5 Å². The van der Waals surface area contributed by atoms with E-state index in [1.807, 2.05) is 19.3 Å². The molecule has 0 aromatic carbocycles. The summed E-state index contributed by atoms with van der Waals surface area (Å²) < 4.78 is 5.87. The van der Waals surface area contributed by atoms with Gasteiger partial charge in [-0.15, -0.1) is 0 Å². The fourth-order valence-electron chi connectivity index (χ4n) is 2.76. The zero-order valence-corrected chi connectivity index (χ0v) is 12.2. The van der Waals surface area contributed by atoms with Crippen molar-refractivity contribution in [2.24, 2.45) is 0 Å². The van der Waals surface area contributed by atoms with Crippen LogP contribution in [0.4, 0.5) is 0 Å². The van der Waals surface area contributed by atoms with Crippen molar-refractivity contribution in [3.8, 4) is 6.01 Å². The standard InChI is InChI=1S/C14H21N3OS/c1-11-8-15-14(16-9-11)18-13-2-5-17(6-3-13)12-4-7-19-10-12/h8-9,12-13H,2-7,10H2,1H3. The fourth-order valence-corrected chi connectivity index (χ4v) is 4.01. The van der Waals surface area contributed by atoms with Gasteiger partial charge in [-0.25, -0.2) is 9.97 Å². The largest absolute Gasteiger partial charge is 0.460 e. The minimum atomic E-state index is 0.285. The summed E-state index contributed by atoms with van der Waals surface area (Å²) in [5, 5.41) is 0. The Morgan fingerprint density at radius 2 is 1.95 bits per heavy atom. The van der Waals surface area contributed by atoms with E-state index in [1.54, 1.807) is 0 Å². The Bertz CT molecular complexity index is 398. The van der Waals surface area contributed by atoms with E-state index in [1.165, 1.54) is 17.9 Å². The van der Waals surface area contributed by atoms with Crippen LogP contribution in [0.15, 0.2) is 12.4 Å². The van der Waals surface area contributed by atoms with Crippen LogP contribution in [0.25, 0.3) is 0 Å². The number of piperidine rings is 1. The molecule has 0 aliphatic carbocycles. The minimum Gasteiger partial charge on any atom is -0.460 e. The van der Waals surface area contributed by atoms with E-state index in [-0.39, 0.29) is 6.10 Å². The zero-order valence-electron chi connectivity index (χ0n) is 11.4. The molecule has 2 aliphatic rings. The Morgan fingerprint density at radius 3 is 2.58 bits per heavy atom. The van der Waals surface area contributed by atoms with Crippen LogP contribution in [0.2, 0.25) is 0 Å². The fraction of sp³-hybridized carbons (Fsp3) is 0.714. The highest BCUT2D eigenvalue weighted by molar-refractivity contribution is 7.99. The molecule has 1 aromatic heterocycles. The average Bonchev–Trinajstić information content (AvgIpc) is 2.96. The molecule has 104 valence electrons. The van der Waals surface area contributed by atoms with Crippen molar-refractivity contribution in [3.63, 3.8) is 0 Å². The van der Waals surface area contributed by atoms with Gasteiger partial charge in [-0.1, -0.05) is 0 Å². The molecule has 2 saturated heterocycles. The highest BCUT2D eigenvalue weighted by Gasteiger charge is 2.28. The van der Waals surface area contributed by atoms with Gasteiger partial charge in [0.25, 0.3) is 0 Å². The Morgan fingerprint density at radius 1 is 1.21 bits per heavy atom. The maximum absolute atomic E-state index is 5.87. The van der Waals surface area contributed by atoms with Crippen LogP contribution in [0.3, 0.4) is 0 Å². The molecule has 2 fully saturated rings. The lowest BCUT2D eigenvalue weighted by Gasteiger charge is -2.35. The molecule has 0 spiro atoms. The van der Waals surface area contributed by atoms with Crippen LogP contribution in [-0.2, 0) is 0 Å². The number of hydrogen-bond acceptors (Lipinski definition) is 5. The van der Waals surface area contributed by atoms with Crippen LogP contribution in [0, 0.1) is 6.92 Å². The van der Waals surface area contributed by atoms with Gasteiger partial charge in [0.2, 0.25) is 0 Å². The van der Waals surface area contributed by atoms with E-state index >= 15 is 0 Å². The summed E-state index contributed by atoms with van der Waals surface area (Å²) >= 11 is 2.09. The number of aryl methyl sites for hydroxylation is 1. The molecule has 2 aliphatic heterocycles. The van der Waals surface area contributed by atoms with Gasteiger partial charge in [0, 0.05) is 37.3 Å². The number of aromatic nitrogens is 2. The van der Waals surface area contributed by atoms with E-state index in [9.17, 15) is 0 Å². The van der Waals surface area contributed by atoms with E-state index in [2.05, 4.69) is 26.6 Å². The van der Waals surface area contributed by atoms with Crippen LogP contribution in [0.1, 0.15) is 24.8 Å². The second-order valence-corrected chi connectivity index (χ2v) is 6.56. The summed E-state index contributed by atoms with van der Waals surface area (Å²) in [6, 6.07) is 1.34. The molecule has 5 heteroatoms. The van der Waals surface area contributed by atoms with E-state index < -0.39 is 0 Å². The van der Waals surface area contributed by atoms with Gasteiger partial charge in [0.15, 0.2) is 0 Å². The molecule has 0 amide bonds. The van der Waals surface area contributed by atoms with Crippen LogP contribution < -0.4 is 4.74 Å². The van der Waals surface area contributed by atoms with Crippen molar-refractivity contribution < 1.29 is 4.74 Å². The van der Waals surface area contributed by atoms with Gasteiger partial charge in [-0.3, -0.25) is 4.90 Å². The smallest absolute Gasteiger partial charge is 0.316 e. The monoisotopic (exact) mass is 279 g/mol. The third-order valence-electron chi connectivity index (χ3n) is 3.93. The number of hydrogen-bond donors (Lipinski definition) is 0. The van der Waals surface area contributed by atoms with Crippen molar-refractivity contribution in [2.75, 3.05) is 24.6 Å². The lowest BCUT2D eigenvalue weighted by molar-refractivity contribution is 0.0754. The summed E-state index contributed by atoms with van der Waals surface area (Å²) in [7, 11) is 0.